The van der Waals surface area contributed by atoms with E-state index in [1.165, 1.54) is 0 Å². The van der Waals surface area contributed by atoms with Gasteiger partial charge in [-0.2, -0.15) is 0 Å². The third-order valence-corrected chi connectivity index (χ3v) is 2.62. The van der Waals surface area contributed by atoms with Crippen molar-refractivity contribution in [3.63, 3.8) is 0 Å². The molecule has 0 aromatic heterocycles. The standard InChI is InChI=1S/C12H13NO2/c1-9-11(14)7-8-13(12(9)15)10-5-3-2-4-6-10/h2-6,11,14H,1,7-8H2/t11-/m1/s1. The van der Waals surface area contributed by atoms with Gasteiger partial charge in [0, 0.05) is 17.8 Å². The zero-order chi connectivity index (χ0) is 10.8. The molecule has 0 saturated carbocycles. The fourth-order valence-electron chi connectivity index (χ4n) is 1.70. The minimum absolute atomic E-state index is 0.181. The largest absolute Gasteiger partial charge is 0.388 e. The maximum Gasteiger partial charge on any atom is 0.256 e. The van der Waals surface area contributed by atoms with Crippen molar-refractivity contribution < 1.29 is 9.90 Å². The molecule has 3 heteroatoms. The molecule has 1 amide bonds. The van der Waals surface area contributed by atoms with Crippen molar-refractivity contribution in [2.75, 3.05) is 11.4 Å². The number of aliphatic hydroxyl groups is 1. The predicted octanol–water partition coefficient (Wildman–Crippen LogP) is 1.34. The van der Waals surface area contributed by atoms with Gasteiger partial charge in [0.05, 0.1) is 6.10 Å². The lowest BCUT2D eigenvalue weighted by molar-refractivity contribution is -0.117. The Balaban J connectivity index is 2.25. The van der Waals surface area contributed by atoms with Crippen LogP contribution in [0.25, 0.3) is 0 Å². The number of anilines is 1. The lowest BCUT2D eigenvalue weighted by Crippen LogP contribution is -2.42. The number of amides is 1. The summed E-state index contributed by atoms with van der Waals surface area (Å²) in [5.74, 6) is -0.181. The van der Waals surface area contributed by atoms with Crippen LogP contribution in [0.15, 0.2) is 42.5 Å². The Morgan fingerprint density at radius 1 is 1.33 bits per heavy atom. The normalized spacial score (nSPS) is 21.9. The monoisotopic (exact) mass is 203 g/mol. The van der Waals surface area contributed by atoms with E-state index in [1.807, 2.05) is 30.3 Å². The van der Waals surface area contributed by atoms with Crippen LogP contribution in [0.4, 0.5) is 5.69 Å². The van der Waals surface area contributed by atoms with Crippen LogP contribution in [-0.2, 0) is 4.79 Å². The van der Waals surface area contributed by atoms with E-state index in [0.717, 1.165) is 5.69 Å². The molecule has 1 heterocycles. The molecule has 1 atom stereocenters. The summed E-state index contributed by atoms with van der Waals surface area (Å²) >= 11 is 0. The lowest BCUT2D eigenvalue weighted by Gasteiger charge is -2.30. The summed E-state index contributed by atoms with van der Waals surface area (Å²) < 4.78 is 0. The zero-order valence-electron chi connectivity index (χ0n) is 8.39. The minimum Gasteiger partial charge on any atom is -0.388 e. The second-order valence-corrected chi connectivity index (χ2v) is 3.62. The van der Waals surface area contributed by atoms with Crippen LogP contribution in [0, 0.1) is 0 Å². The van der Waals surface area contributed by atoms with Gasteiger partial charge in [0.2, 0.25) is 0 Å². The molecule has 1 aromatic carbocycles. The third kappa shape index (κ3) is 1.78. The van der Waals surface area contributed by atoms with Gasteiger partial charge in [-0.3, -0.25) is 4.79 Å². The minimum atomic E-state index is -0.683. The van der Waals surface area contributed by atoms with E-state index in [-0.39, 0.29) is 11.5 Å². The molecule has 1 fully saturated rings. The maximum absolute atomic E-state index is 11.8. The van der Waals surface area contributed by atoms with Crippen molar-refractivity contribution in [2.45, 2.75) is 12.5 Å². The SMILES string of the molecule is C=C1C(=O)N(c2ccccc2)CC[C@H]1O. The predicted molar refractivity (Wildman–Crippen MR) is 58.6 cm³/mol. The molecular weight excluding hydrogens is 190 g/mol. The number of aliphatic hydroxyl groups excluding tert-OH is 1. The quantitative estimate of drug-likeness (QED) is 0.700. The summed E-state index contributed by atoms with van der Waals surface area (Å²) in [6.45, 7) is 4.16. The number of nitrogens with zero attached hydrogens (tertiary/aromatic N) is 1. The molecule has 1 N–H and O–H groups in total. The van der Waals surface area contributed by atoms with E-state index < -0.39 is 6.10 Å². The fourth-order valence-corrected chi connectivity index (χ4v) is 1.70. The van der Waals surface area contributed by atoms with Crippen LogP contribution in [-0.4, -0.2) is 23.7 Å². The van der Waals surface area contributed by atoms with Gasteiger partial charge in [0.15, 0.2) is 0 Å². The lowest BCUT2D eigenvalue weighted by atomic mass is 10.0. The molecule has 1 aromatic rings. The van der Waals surface area contributed by atoms with E-state index in [1.54, 1.807) is 4.90 Å². The highest BCUT2D eigenvalue weighted by Crippen LogP contribution is 2.22. The highest BCUT2D eigenvalue weighted by molar-refractivity contribution is 6.06. The number of hydrogen-bond acceptors (Lipinski definition) is 2. The van der Waals surface area contributed by atoms with Crippen molar-refractivity contribution in [3.05, 3.63) is 42.5 Å². The molecule has 0 aliphatic carbocycles. The Labute approximate surface area is 88.6 Å². The number of rotatable bonds is 1. The Morgan fingerprint density at radius 3 is 2.67 bits per heavy atom. The Morgan fingerprint density at radius 2 is 2.00 bits per heavy atom. The average Bonchev–Trinajstić information content (AvgIpc) is 2.27. The molecule has 0 bridgehead atoms. The van der Waals surface area contributed by atoms with Gasteiger partial charge in [-0.25, -0.2) is 0 Å². The summed E-state index contributed by atoms with van der Waals surface area (Å²) in [7, 11) is 0. The van der Waals surface area contributed by atoms with Crippen molar-refractivity contribution in [2.24, 2.45) is 0 Å². The van der Waals surface area contributed by atoms with Crippen LogP contribution in [0.2, 0.25) is 0 Å². The van der Waals surface area contributed by atoms with Crippen LogP contribution in [0.5, 0.6) is 0 Å². The topological polar surface area (TPSA) is 40.5 Å². The van der Waals surface area contributed by atoms with Crippen LogP contribution in [0.3, 0.4) is 0 Å². The summed E-state index contributed by atoms with van der Waals surface area (Å²) in [5.41, 5.74) is 1.14. The summed E-state index contributed by atoms with van der Waals surface area (Å²) in [5, 5.41) is 9.47. The molecule has 0 spiro atoms. The summed E-state index contributed by atoms with van der Waals surface area (Å²) in [4.78, 5) is 13.5. The molecule has 1 aliphatic rings. The highest BCUT2D eigenvalue weighted by Gasteiger charge is 2.28. The second-order valence-electron chi connectivity index (χ2n) is 3.62. The first-order valence-corrected chi connectivity index (χ1v) is 4.94. The van der Waals surface area contributed by atoms with E-state index in [4.69, 9.17) is 0 Å². The number of para-hydroxylation sites is 1. The number of carbonyl (C=O) groups excluding carboxylic acids is 1. The molecule has 0 radical (unpaired) electrons. The molecular formula is C12H13NO2. The molecule has 0 unspecified atom stereocenters. The van der Waals surface area contributed by atoms with Crippen molar-refractivity contribution >= 4 is 11.6 Å². The zero-order valence-corrected chi connectivity index (χ0v) is 8.39. The molecule has 78 valence electrons. The second kappa shape index (κ2) is 3.87. The summed E-state index contributed by atoms with van der Waals surface area (Å²) in [6, 6.07) is 9.43. The van der Waals surface area contributed by atoms with Crippen molar-refractivity contribution in [3.8, 4) is 0 Å². The number of hydrogen-bond donors (Lipinski definition) is 1. The number of benzene rings is 1. The first-order chi connectivity index (χ1) is 7.20. The van der Waals surface area contributed by atoms with Crippen LogP contribution >= 0.6 is 0 Å². The number of carbonyl (C=O) groups is 1. The van der Waals surface area contributed by atoms with E-state index in [2.05, 4.69) is 6.58 Å². The van der Waals surface area contributed by atoms with Gasteiger partial charge < -0.3 is 10.0 Å². The van der Waals surface area contributed by atoms with E-state index in [0.29, 0.717) is 13.0 Å². The first kappa shape index (κ1) is 9.93. The number of piperidine rings is 1. The molecule has 2 rings (SSSR count). The molecule has 1 saturated heterocycles. The smallest absolute Gasteiger partial charge is 0.256 e. The van der Waals surface area contributed by atoms with E-state index >= 15 is 0 Å². The fraction of sp³-hybridized carbons (Fsp3) is 0.250. The van der Waals surface area contributed by atoms with E-state index in [9.17, 15) is 9.90 Å². The first-order valence-electron chi connectivity index (χ1n) is 4.94. The van der Waals surface area contributed by atoms with Gasteiger partial charge in [-0.15, -0.1) is 0 Å². The maximum atomic E-state index is 11.8. The average molecular weight is 203 g/mol. The highest BCUT2D eigenvalue weighted by atomic mass is 16.3. The van der Waals surface area contributed by atoms with Crippen LogP contribution in [0.1, 0.15) is 6.42 Å². The molecule has 3 nitrogen and oxygen atoms in total. The van der Waals surface area contributed by atoms with Crippen molar-refractivity contribution in [1.29, 1.82) is 0 Å². The summed E-state index contributed by atoms with van der Waals surface area (Å²) in [6.07, 6.45) is -0.128. The van der Waals surface area contributed by atoms with Gasteiger partial charge in [-0.05, 0) is 18.6 Å². The molecule has 1 aliphatic heterocycles. The van der Waals surface area contributed by atoms with Gasteiger partial charge in [-0.1, -0.05) is 24.8 Å². The Kier molecular flexibility index (Phi) is 2.56. The molecule has 15 heavy (non-hydrogen) atoms. The van der Waals surface area contributed by atoms with Gasteiger partial charge in [0.1, 0.15) is 0 Å². The Hall–Kier alpha value is -1.61. The Bertz CT molecular complexity index is 386. The third-order valence-electron chi connectivity index (χ3n) is 2.62. The van der Waals surface area contributed by atoms with Crippen LogP contribution < -0.4 is 4.90 Å². The van der Waals surface area contributed by atoms with Crippen molar-refractivity contribution in [1.82, 2.24) is 0 Å². The van der Waals surface area contributed by atoms with Gasteiger partial charge in [0.25, 0.3) is 5.91 Å². The van der Waals surface area contributed by atoms with Gasteiger partial charge >= 0.3 is 0 Å².